The fraction of sp³-hybridized carbons (Fsp3) is 0.400. The van der Waals surface area contributed by atoms with Gasteiger partial charge in [0.15, 0.2) is 0 Å². The van der Waals surface area contributed by atoms with Crippen molar-refractivity contribution in [3.8, 4) is 0 Å². The zero-order valence-electron chi connectivity index (χ0n) is 13.7. The number of nitrogens with zero attached hydrogens (tertiary/aromatic N) is 2. The summed E-state index contributed by atoms with van der Waals surface area (Å²) in [5, 5.41) is 0. The summed E-state index contributed by atoms with van der Waals surface area (Å²) in [7, 11) is 0. The van der Waals surface area contributed by atoms with E-state index in [9.17, 15) is 0 Å². The summed E-state index contributed by atoms with van der Waals surface area (Å²) in [5.74, 6) is 0.601. The number of rotatable bonds is 4. The van der Waals surface area contributed by atoms with E-state index in [1.807, 2.05) is 0 Å². The quantitative estimate of drug-likeness (QED) is 0.843. The second-order valence-corrected chi connectivity index (χ2v) is 6.43. The van der Waals surface area contributed by atoms with Crippen molar-refractivity contribution in [2.75, 3.05) is 37.6 Å². The smallest absolute Gasteiger partial charge is 0.0367 e. The Bertz CT molecular complexity index is 568. The van der Waals surface area contributed by atoms with E-state index in [0.29, 0.717) is 5.92 Å². The van der Waals surface area contributed by atoms with Crippen LogP contribution >= 0.6 is 0 Å². The van der Waals surface area contributed by atoms with Crippen LogP contribution in [0.3, 0.4) is 0 Å². The standard InChI is InChI=1S/C20H26N2/c1-17-8-10-19(11-9-17)18(2)16-21-12-14-22(15-13-21)20-6-4-3-5-7-20/h3-11,18H,12-16H2,1-2H3. The van der Waals surface area contributed by atoms with Crippen molar-refractivity contribution >= 4 is 5.69 Å². The van der Waals surface area contributed by atoms with Gasteiger partial charge in [-0.15, -0.1) is 0 Å². The Morgan fingerprint density at radius 1 is 0.864 bits per heavy atom. The fourth-order valence-electron chi connectivity index (χ4n) is 3.22. The number of benzene rings is 2. The van der Waals surface area contributed by atoms with E-state index < -0.39 is 0 Å². The van der Waals surface area contributed by atoms with Crippen molar-refractivity contribution in [1.82, 2.24) is 4.90 Å². The molecule has 0 radical (unpaired) electrons. The fourth-order valence-corrected chi connectivity index (χ4v) is 3.22. The minimum atomic E-state index is 0.601. The van der Waals surface area contributed by atoms with Gasteiger partial charge in [-0.1, -0.05) is 55.0 Å². The van der Waals surface area contributed by atoms with Crippen LogP contribution in [-0.4, -0.2) is 37.6 Å². The lowest BCUT2D eigenvalue weighted by Gasteiger charge is -2.37. The molecule has 0 N–H and O–H groups in total. The van der Waals surface area contributed by atoms with Gasteiger partial charge >= 0.3 is 0 Å². The van der Waals surface area contributed by atoms with Crippen LogP contribution in [0.2, 0.25) is 0 Å². The summed E-state index contributed by atoms with van der Waals surface area (Å²) in [6.07, 6.45) is 0. The lowest BCUT2D eigenvalue weighted by Crippen LogP contribution is -2.47. The maximum absolute atomic E-state index is 2.60. The van der Waals surface area contributed by atoms with Crippen molar-refractivity contribution in [3.63, 3.8) is 0 Å². The molecule has 0 amide bonds. The van der Waals surface area contributed by atoms with E-state index >= 15 is 0 Å². The maximum Gasteiger partial charge on any atom is 0.0367 e. The number of para-hydroxylation sites is 1. The van der Waals surface area contributed by atoms with Crippen LogP contribution in [0.15, 0.2) is 54.6 Å². The Morgan fingerprint density at radius 3 is 2.14 bits per heavy atom. The molecule has 1 fully saturated rings. The second-order valence-electron chi connectivity index (χ2n) is 6.43. The van der Waals surface area contributed by atoms with Crippen molar-refractivity contribution in [2.45, 2.75) is 19.8 Å². The summed E-state index contributed by atoms with van der Waals surface area (Å²) in [5.41, 5.74) is 4.15. The highest BCUT2D eigenvalue weighted by Crippen LogP contribution is 2.20. The van der Waals surface area contributed by atoms with Gasteiger partial charge in [-0.2, -0.15) is 0 Å². The normalized spacial score (nSPS) is 17.5. The molecule has 1 aliphatic heterocycles. The van der Waals surface area contributed by atoms with Crippen molar-refractivity contribution in [2.24, 2.45) is 0 Å². The first-order chi connectivity index (χ1) is 10.7. The minimum absolute atomic E-state index is 0.601. The van der Waals surface area contributed by atoms with Gasteiger partial charge in [0.05, 0.1) is 0 Å². The van der Waals surface area contributed by atoms with Crippen molar-refractivity contribution < 1.29 is 0 Å². The molecular formula is C20H26N2. The molecule has 3 rings (SSSR count). The Balaban J connectivity index is 1.52. The van der Waals surface area contributed by atoms with E-state index in [2.05, 4.69) is 78.2 Å². The molecule has 0 aromatic heterocycles. The van der Waals surface area contributed by atoms with Gasteiger partial charge in [0.2, 0.25) is 0 Å². The Labute approximate surface area is 134 Å². The van der Waals surface area contributed by atoms with E-state index in [4.69, 9.17) is 0 Å². The van der Waals surface area contributed by atoms with Crippen LogP contribution in [0.1, 0.15) is 24.0 Å². The van der Waals surface area contributed by atoms with Gasteiger partial charge in [-0.3, -0.25) is 4.90 Å². The third-order valence-electron chi connectivity index (χ3n) is 4.67. The first-order valence-electron chi connectivity index (χ1n) is 8.31. The van der Waals surface area contributed by atoms with Crippen LogP contribution in [-0.2, 0) is 0 Å². The SMILES string of the molecule is Cc1ccc(C(C)CN2CCN(c3ccccc3)CC2)cc1. The highest BCUT2D eigenvalue weighted by Gasteiger charge is 2.19. The van der Waals surface area contributed by atoms with Crippen LogP contribution in [0.25, 0.3) is 0 Å². The molecule has 1 atom stereocenters. The molecule has 2 nitrogen and oxygen atoms in total. The molecule has 116 valence electrons. The summed E-state index contributed by atoms with van der Waals surface area (Å²) < 4.78 is 0. The molecule has 2 aromatic rings. The molecule has 22 heavy (non-hydrogen) atoms. The lowest BCUT2D eigenvalue weighted by atomic mass is 9.99. The number of piperazine rings is 1. The zero-order valence-corrected chi connectivity index (χ0v) is 13.7. The van der Waals surface area contributed by atoms with Gasteiger partial charge < -0.3 is 4.90 Å². The Kier molecular flexibility index (Phi) is 4.79. The van der Waals surface area contributed by atoms with Gasteiger partial charge in [0, 0.05) is 38.4 Å². The van der Waals surface area contributed by atoms with E-state index in [1.165, 1.54) is 16.8 Å². The predicted molar refractivity (Wildman–Crippen MR) is 94.7 cm³/mol. The average Bonchev–Trinajstić information content (AvgIpc) is 2.57. The zero-order chi connectivity index (χ0) is 15.4. The third-order valence-corrected chi connectivity index (χ3v) is 4.67. The van der Waals surface area contributed by atoms with Gasteiger partial charge in [-0.25, -0.2) is 0 Å². The molecule has 0 spiro atoms. The van der Waals surface area contributed by atoms with E-state index in [0.717, 1.165) is 32.7 Å². The summed E-state index contributed by atoms with van der Waals surface area (Å²) in [6.45, 7) is 10.2. The molecule has 1 heterocycles. The average molecular weight is 294 g/mol. The molecule has 1 saturated heterocycles. The number of aryl methyl sites for hydroxylation is 1. The van der Waals surface area contributed by atoms with Gasteiger partial charge in [0.1, 0.15) is 0 Å². The topological polar surface area (TPSA) is 6.48 Å². The monoisotopic (exact) mass is 294 g/mol. The molecule has 0 bridgehead atoms. The molecule has 2 aromatic carbocycles. The summed E-state index contributed by atoms with van der Waals surface area (Å²) >= 11 is 0. The summed E-state index contributed by atoms with van der Waals surface area (Å²) in [6, 6.07) is 19.8. The second kappa shape index (κ2) is 6.97. The molecule has 1 unspecified atom stereocenters. The molecule has 2 heteroatoms. The maximum atomic E-state index is 2.60. The first-order valence-corrected chi connectivity index (χ1v) is 8.31. The van der Waals surface area contributed by atoms with Gasteiger partial charge in [0.25, 0.3) is 0 Å². The first kappa shape index (κ1) is 15.1. The minimum Gasteiger partial charge on any atom is -0.369 e. The molecule has 1 aliphatic rings. The highest BCUT2D eigenvalue weighted by atomic mass is 15.3. The van der Waals surface area contributed by atoms with Crippen LogP contribution in [0, 0.1) is 6.92 Å². The summed E-state index contributed by atoms with van der Waals surface area (Å²) in [4.78, 5) is 5.09. The van der Waals surface area contributed by atoms with E-state index in [1.54, 1.807) is 0 Å². The molecule has 0 saturated carbocycles. The van der Waals surface area contributed by atoms with Crippen molar-refractivity contribution in [1.29, 1.82) is 0 Å². The highest BCUT2D eigenvalue weighted by molar-refractivity contribution is 5.46. The Hall–Kier alpha value is -1.80. The number of hydrogen-bond donors (Lipinski definition) is 0. The van der Waals surface area contributed by atoms with Crippen molar-refractivity contribution in [3.05, 3.63) is 65.7 Å². The van der Waals surface area contributed by atoms with Gasteiger partial charge in [-0.05, 0) is 30.5 Å². The largest absolute Gasteiger partial charge is 0.369 e. The lowest BCUT2D eigenvalue weighted by molar-refractivity contribution is 0.246. The van der Waals surface area contributed by atoms with E-state index in [-0.39, 0.29) is 0 Å². The molecular weight excluding hydrogens is 268 g/mol. The van der Waals surface area contributed by atoms with Crippen LogP contribution < -0.4 is 4.90 Å². The third kappa shape index (κ3) is 3.69. The van der Waals surface area contributed by atoms with Crippen LogP contribution in [0.5, 0.6) is 0 Å². The van der Waals surface area contributed by atoms with Crippen LogP contribution in [0.4, 0.5) is 5.69 Å². The number of hydrogen-bond acceptors (Lipinski definition) is 2. The molecule has 0 aliphatic carbocycles. The Morgan fingerprint density at radius 2 is 1.50 bits per heavy atom. The number of anilines is 1. The predicted octanol–water partition coefficient (Wildman–Crippen LogP) is 3.92.